The van der Waals surface area contributed by atoms with Crippen LogP contribution in [0.5, 0.6) is 0 Å². The third-order valence-electron chi connectivity index (χ3n) is 0. The van der Waals surface area contributed by atoms with Gasteiger partial charge in [-0.15, -0.1) is 0 Å². The van der Waals surface area contributed by atoms with Crippen LogP contribution in [0.1, 0.15) is 43.9 Å². The van der Waals surface area contributed by atoms with E-state index in [4.69, 9.17) is 26.8 Å². The molecule has 0 rings (SSSR count). The summed E-state index contributed by atoms with van der Waals surface area (Å²) in [6.07, 6.45) is 0. The molecule has 0 aromatic rings. The molecule has 0 radical (unpaired) electrons. The van der Waals surface area contributed by atoms with Crippen LogP contribution in [0, 0.1) is 11.3 Å². The van der Waals surface area contributed by atoms with Crippen molar-refractivity contribution in [2.75, 3.05) is 6.61 Å². The zero-order chi connectivity index (χ0) is 19.0. The van der Waals surface area contributed by atoms with Gasteiger partial charge in [0.15, 0.2) is 0 Å². The normalized spacial score (nSPS) is 28.0. The molecule has 0 amide bonds. The number of hydrogen-bond acceptors (Lipinski definition) is 3. The smallest absolute Gasteiger partial charge is 0.126 e. The van der Waals surface area contributed by atoms with Gasteiger partial charge in [0, 0.05) is 29.9 Å². The summed E-state index contributed by atoms with van der Waals surface area (Å²) < 4.78 is 75.8. The van der Waals surface area contributed by atoms with E-state index < -0.39 is 39.8 Å². The summed E-state index contributed by atoms with van der Waals surface area (Å²) in [6.45, 7) is -11.3. The highest BCUT2D eigenvalue weighted by atomic mass is 16.2. The highest BCUT2D eigenvalue weighted by molar-refractivity contribution is 5.72. The molecular weight excluding hydrogens is 130 g/mol. The van der Waals surface area contributed by atoms with Crippen molar-refractivity contribution in [1.82, 2.24) is 0 Å². The van der Waals surface area contributed by atoms with Gasteiger partial charge >= 0.3 is 0 Å². The zero-order valence-corrected chi connectivity index (χ0v) is 5.01. The van der Waals surface area contributed by atoms with Crippen molar-refractivity contribution in [2.45, 2.75) is 27.4 Å². The Morgan fingerprint density at radius 3 is 2.20 bits per heavy atom. The zero-order valence-electron chi connectivity index (χ0n) is 17.0. The number of nitrogens with zero attached hydrogens (tertiary/aromatic N) is 1. The minimum atomic E-state index is -3.01. The monoisotopic (exact) mass is 157 g/mol. The third kappa shape index (κ3) is 344. The van der Waals surface area contributed by atoms with E-state index >= 15 is 0 Å². The second-order valence-electron chi connectivity index (χ2n) is 0.599. The van der Waals surface area contributed by atoms with Gasteiger partial charge in [0.25, 0.3) is 0 Å². The molecule has 10 heavy (non-hydrogen) atoms. The minimum absolute atomic E-state index is 0.729. The predicted molar refractivity (Wildman–Crippen MR) is 40.4 cm³/mol. The predicted octanol–water partition coefficient (Wildman–Crippen LogP) is 1.12. The van der Waals surface area contributed by atoms with Crippen LogP contribution in [0.25, 0.3) is 0 Å². The fraction of sp³-hybridized carbons (Fsp3) is 0.714. The van der Waals surface area contributed by atoms with E-state index in [2.05, 4.69) is 0 Å². The molecule has 0 atom stereocenters. The lowest BCUT2D eigenvalue weighted by Crippen LogP contribution is -1.69. The van der Waals surface area contributed by atoms with Crippen LogP contribution in [-0.4, -0.2) is 17.5 Å². The average Bonchev–Trinajstić information content (AvgIpc) is 2.25. The van der Waals surface area contributed by atoms with E-state index in [-0.39, 0.29) is 0 Å². The van der Waals surface area contributed by atoms with Crippen molar-refractivity contribution >= 4 is 5.78 Å². The van der Waals surface area contributed by atoms with Crippen LogP contribution >= 0.6 is 0 Å². The van der Waals surface area contributed by atoms with Crippen LogP contribution in [0.15, 0.2) is 0 Å². The first-order valence-electron chi connectivity index (χ1n) is 7.85. The van der Waals surface area contributed by atoms with Gasteiger partial charge in [-0.3, -0.25) is 0 Å². The van der Waals surface area contributed by atoms with E-state index in [9.17, 15) is 4.79 Å². The number of nitriles is 1. The van der Waals surface area contributed by atoms with Crippen molar-refractivity contribution < 1.29 is 26.4 Å². The first-order valence-corrected chi connectivity index (χ1v) is 1.85. The molecule has 0 spiro atoms. The second-order valence-corrected chi connectivity index (χ2v) is 0.599. The highest BCUT2D eigenvalue weighted by Gasteiger charge is 1.62. The molecule has 0 aliphatic heterocycles. The van der Waals surface area contributed by atoms with E-state index in [0.717, 1.165) is 6.07 Å². The number of carbonyl (C=O) groups is 1. The van der Waals surface area contributed by atoms with Crippen molar-refractivity contribution in [1.29, 1.82) is 5.26 Å². The molecule has 0 unspecified atom stereocenters. The van der Waals surface area contributed by atoms with Gasteiger partial charge in [-0.2, -0.15) is 5.26 Å². The summed E-state index contributed by atoms with van der Waals surface area (Å²) in [6, 6.07) is 1.10. The molecule has 3 nitrogen and oxygen atoms in total. The number of aliphatic hydroxyl groups is 1. The van der Waals surface area contributed by atoms with Gasteiger partial charge in [-0.25, -0.2) is 0 Å². The number of hydrogen-bond donors (Lipinski definition) is 1. The van der Waals surface area contributed by atoms with Crippen molar-refractivity contribution in [3.8, 4) is 6.07 Å². The largest absolute Gasteiger partial charge is 0.397 e. The molecule has 3 heteroatoms. The maximum Gasteiger partial charge on any atom is 0.126 e. The fourth-order valence-electron chi connectivity index (χ4n) is 0. The molecule has 0 heterocycles. The Labute approximate surface area is 79.1 Å². The molecule has 1 N–H and O–H groups in total. The number of aliphatic hydroxyl groups excluding tert-OH is 1. The van der Waals surface area contributed by atoms with Crippen LogP contribution in [0.2, 0.25) is 0 Å². The van der Waals surface area contributed by atoms with Gasteiger partial charge in [-0.1, -0.05) is 0 Å². The van der Waals surface area contributed by atoms with E-state index in [1.54, 1.807) is 0 Å². The summed E-state index contributed by atoms with van der Waals surface area (Å²) in [5.41, 5.74) is 0. The van der Waals surface area contributed by atoms with Crippen molar-refractivity contribution in [3.05, 3.63) is 0 Å². The van der Waals surface area contributed by atoms with Crippen LogP contribution < -0.4 is 0 Å². The molecule has 0 aromatic carbocycles. The van der Waals surface area contributed by atoms with Gasteiger partial charge in [0.1, 0.15) is 5.78 Å². The maximum absolute atomic E-state index is 10.4. The number of carbonyl (C=O) groups excluding carboxylic acids is 1. The molecule has 0 aromatic heterocycles. The molecule has 0 aliphatic rings. The summed E-state index contributed by atoms with van der Waals surface area (Å²) in [5, 5.41) is 15.4. The summed E-state index contributed by atoms with van der Waals surface area (Å²) >= 11 is 0. The van der Waals surface area contributed by atoms with Gasteiger partial charge in [0.05, 0.1) is 6.07 Å². The Hall–Kier alpha value is -0.880. The summed E-state index contributed by atoms with van der Waals surface area (Å²) in [7, 11) is 0. The average molecular weight is 157 g/mol. The number of ketones is 1. The lowest BCUT2D eigenvalue weighted by molar-refractivity contribution is -0.114. The SMILES string of the molecule is [2H]C([2H])([2H])C#N.[2H]C([2H])([2H])C(=O)C([2H])([2H])[2H].[2H]C([2H])([2H])CO. The molecular formula is C7H15NO2. The number of rotatable bonds is 0. The van der Waals surface area contributed by atoms with Crippen LogP contribution in [0.3, 0.4) is 0 Å². The fourth-order valence-corrected chi connectivity index (χ4v) is 0. The lowest BCUT2D eigenvalue weighted by atomic mass is 10.6. The van der Waals surface area contributed by atoms with Crippen LogP contribution in [0.4, 0.5) is 0 Å². The van der Waals surface area contributed by atoms with Crippen molar-refractivity contribution in [3.63, 3.8) is 0 Å². The number of Topliss-reactive ketones (excluding diaryl/α,β-unsaturated/α-hetero) is 1. The summed E-state index contributed by atoms with van der Waals surface area (Å²) in [4.78, 5) is 10.4. The topological polar surface area (TPSA) is 61.1 Å². The Kier molecular flexibility index (Phi) is 4.44. The minimum Gasteiger partial charge on any atom is -0.397 e. The molecule has 0 aliphatic carbocycles. The molecule has 0 saturated heterocycles. The Morgan fingerprint density at radius 1 is 1.80 bits per heavy atom. The highest BCUT2D eigenvalue weighted by Crippen LogP contribution is 1.50. The van der Waals surface area contributed by atoms with Crippen LogP contribution in [-0.2, 0) is 4.79 Å². The Bertz CT molecular complexity index is 351. The quantitative estimate of drug-likeness (QED) is 0.573. The Morgan fingerprint density at radius 2 is 2.20 bits per heavy atom. The standard InChI is InChI=1S/C3H6O.C2H3N.C2H6O/c1-3(2)4;2*1-2-3/h1-2H3;1H3;3H,2H2,1H3/i1D3,2D3;2*1D3. The second kappa shape index (κ2) is 24.3. The first kappa shape index (κ1) is 1.83. The van der Waals surface area contributed by atoms with Gasteiger partial charge in [-0.05, 0) is 20.6 Å². The third-order valence-corrected chi connectivity index (χ3v) is 0. The summed E-state index contributed by atoms with van der Waals surface area (Å²) in [5.74, 6) is -1.68. The van der Waals surface area contributed by atoms with Gasteiger partial charge < -0.3 is 9.90 Å². The molecule has 0 saturated carbocycles. The molecule has 0 fully saturated rings. The molecule has 60 valence electrons. The Balaban J connectivity index is -0.000000261. The van der Waals surface area contributed by atoms with E-state index in [0.29, 0.717) is 0 Å². The molecule has 0 bridgehead atoms. The lowest BCUT2D eigenvalue weighted by Gasteiger charge is -1.56. The first-order chi connectivity index (χ1) is 9.28. The van der Waals surface area contributed by atoms with Gasteiger partial charge in [0.2, 0.25) is 0 Å². The maximum atomic E-state index is 10.4. The van der Waals surface area contributed by atoms with E-state index in [1.807, 2.05) is 0 Å². The van der Waals surface area contributed by atoms with Crippen molar-refractivity contribution in [2.24, 2.45) is 0 Å². The van der Waals surface area contributed by atoms with E-state index in [1.165, 1.54) is 0 Å².